The first-order valence-corrected chi connectivity index (χ1v) is 4.84. The normalized spacial score (nSPS) is 11.7. The third kappa shape index (κ3) is 7.66. The summed E-state index contributed by atoms with van der Waals surface area (Å²) in [7, 11) is 0. The van der Waals surface area contributed by atoms with Crippen LogP contribution in [0.4, 0.5) is 4.79 Å². The largest absolute Gasteiger partial charge is 0.505 e. The Morgan fingerprint density at radius 1 is 1.67 bits per heavy atom. The lowest BCUT2D eigenvalue weighted by molar-refractivity contribution is 0.0907. The Morgan fingerprint density at radius 3 is 2.83 bits per heavy atom. The molecule has 12 heavy (non-hydrogen) atoms. The van der Waals surface area contributed by atoms with Gasteiger partial charge in [-0.1, -0.05) is 22.6 Å². The molecule has 0 radical (unpaired) electrons. The van der Waals surface area contributed by atoms with Crippen molar-refractivity contribution in [2.45, 2.75) is 23.2 Å². The van der Waals surface area contributed by atoms with E-state index in [-0.39, 0.29) is 6.61 Å². The monoisotopic (exact) mass is 282 g/mol. The number of carbonyl (C=O) groups is 1. The van der Waals surface area contributed by atoms with E-state index in [2.05, 4.69) is 33.2 Å². The average Bonchev–Trinajstić information content (AvgIpc) is 2.00. The van der Waals surface area contributed by atoms with Gasteiger partial charge < -0.3 is 9.84 Å². The number of terminal acetylenes is 1. The first kappa shape index (κ1) is 11.6. The van der Waals surface area contributed by atoms with Crippen LogP contribution in [0.25, 0.3) is 0 Å². The zero-order valence-corrected chi connectivity index (χ0v) is 8.78. The molecule has 0 aliphatic heterocycles. The summed E-state index contributed by atoms with van der Waals surface area (Å²) < 4.78 is 4.75. The van der Waals surface area contributed by atoms with E-state index in [4.69, 9.17) is 11.5 Å². The summed E-state index contributed by atoms with van der Waals surface area (Å²) in [5.74, 6) is 2.54. The number of hydrogen-bond donors (Lipinski definition) is 1. The van der Waals surface area contributed by atoms with Gasteiger partial charge in [-0.3, -0.25) is 0 Å². The van der Waals surface area contributed by atoms with Crippen molar-refractivity contribution in [2.75, 3.05) is 6.61 Å². The summed E-state index contributed by atoms with van der Waals surface area (Å²) in [6.45, 7) is 0.257. The smallest absolute Gasteiger partial charge is 0.450 e. The van der Waals surface area contributed by atoms with Crippen molar-refractivity contribution in [3.63, 3.8) is 0 Å². The third-order valence-corrected chi connectivity index (χ3v) is 2.50. The van der Waals surface area contributed by atoms with Gasteiger partial charge in [-0.25, -0.2) is 4.79 Å². The Bertz CT molecular complexity index is 174. The molecule has 0 aromatic heterocycles. The lowest BCUT2D eigenvalue weighted by Gasteiger charge is -2.06. The molecular weight excluding hydrogens is 271 g/mol. The number of hydrogen-bond acceptors (Lipinski definition) is 2. The predicted octanol–water partition coefficient (Wildman–Crippen LogP) is 2.29. The predicted molar refractivity (Wildman–Crippen MR) is 54.5 cm³/mol. The molecule has 0 aromatic carbocycles. The standard InChI is InChI=1S/C8H11IO3/c1-2-3-4-7(9)5-6-12-8(10)11/h1,7H,3-6H2,(H,10,11). The summed E-state index contributed by atoms with van der Waals surface area (Å²) in [5, 5.41) is 8.15. The first-order valence-electron chi connectivity index (χ1n) is 3.60. The molecule has 1 unspecified atom stereocenters. The SMILES string of the molecule is C#CCCC(I)CCOC(=O)O. The average molecular weight is 282 g/mol. The fourth-order valence-electron chi connectivity index (χ4n) is 0.658. The van der Waals surface area contributed by atoms with Crippen molar-refractivity contribution in [2.24, 2.45) is 0 Å². The van der Waals surface area contributed by atoms with Crippen LogP contribution in [0, 0.1) is 12.3 Å². The van der Waals surface area contributed by atoms with E-state index >= 15 is 0 Å². The van der Waals surface area contributed by atoms with Gasteiger partial charge in [-0.05, 0) is 12.8 Å². The highest BCUT2D eigenvalue weighted by Gasteiger charge is 2.04. The van der Waals surface area contributed by atoms with E-state index in [1.807, 2.05) is 0 Å². The number of alkyl halides is 1. The molecule has 0 aliphatic carbocycles. The van der Waals surface area contributed by atoms with Crippen LogP contribution in [0.15, 0.2) is 0 Å². The van der Waals surface area contributed by atoms with E-state index in [0.29, 0.717) is 3.92 Å². The van der Waals surface area contributed by atoms with E-state index < -0.39 is 6.16 Å². The highest BCUT2D eigenvalue weighted by molar-refractivity contribution is 14.1. The van der Waals surface area contributed by atoms with Crippen LogP contribution < -0.4 is 0 Å². The number of halogens is 1. The second-order valence-electron chi connectivity index (χ2n) is 2.24. The summed E-state index contributed by atoms with van der Waals surface area (Å²) in [6.07, 6.45) is 6.25. The van der Waals surface area contributed by atoms with Crippen LogP contribution in [-0.2, 0) is 4.74 Å². The van der Waals surface area contributed by atoms with Crippen LogP contribution >= 0.6 is 22.6 Å². The minimum Gasteiger partial charge on any atom is -0.450 e. The van der Waals surface area contributed by atoms with E-state index in [1.165, 1.54) is 0 Å². The van der Waals surface area contributed by atoms with E-state index in [9.17, 15) is 4.79 Å². The minimum absolute atomic E-state index is 0.257. The Labute approximate surface area is 85.6 Å². The topological polar surface area (TPSA) is 46.5 Å². The molecule has 0 saturated carbocycles. The van der Waals surface area contributed by atoms with Gasteiger partial charge in [0.15, 0.2) is 0 Å². The number of carboxylic acid groups (broad SMARTS) is 1. The first-order chi connectivity index (χ1) is 5.66. The molecule has 68 valence electrons. The molecule has 0 fully saturated rings. The van der Waals surface area contributed by atoms with Crippen molar-refractivity contribution in [1.29, 1.82) is 0 Å². The molecule has 0 rings (SSSR count). The summed E-state index contributed by atoms with van der Waals surface area (Å²) in [6, 6.07) is 0. The van der Waals surface area contributed by atoms with E-state index in [0.717, 1.165) is 19.3 Å². The van der Waals surface area contributed by atoms with Gasteiger partial charge in [0.2, 0.25) is 0 Å². The molecule has 1 N–H and O–H groups in total. The van der Waals surface area contributed by atoms with Gasteiger partial charge in [-0.15, -0.1) is 12.3 Å². The Morgan fingerprint density at radius 2 is 2.33 bits per heavy atom. The van der Waals surface area contributed by atoms with E-state index in [1.54, 1.807) is 0 Å². The maximum atomic E-state index is 9.94. The Hall–Kier alpha value is -0.440. The Balaban J connectivity index is 3.26. The number of rotatable bonds is 5. The quantitative estimate of drug-likeness (QED) is 0.364. The van der Waals surface area contributed by atoms with Gasteiger partial charge >= 0.3 is 6.16 Å². The van der Waals surface area contributed by atoms with Gasteiger partial charge in [-0.2, -0.15) is 0 Å². The molecule has 0 heterocycles. The number of ether oxygens (including phenoxy) is 1. The van der Waals surface area contributed by atoms with Gasteiger partial charge in [0.05, 0.1) is 6.61 Å². The molecule has 0 aromatic rings. The van der Waals surface area contributed by atoms with Crippen molar-refractivity contribution in [3.05, 3.63) is 0 Å². The maximum Gasteiger partial charge on any atom is 0.505 e. The highest BCUT2D eigenvalue weighted by atomic mass is 127. The molecule has 3 nitrogen and oxygen atoms in total. The van der Waals surface area contributed by atoms with Crippen LogP contribution in [-0.4, -0.2) is 21.8 Å². The third-order valence-electron chi connectivity index (χ3n) is 1.26. The zero-order chi connectivity index (χ0) is 9.40. The summed E-state index contributed by atoms with van der Waals surface area (Å²) >= 11 is 2.24. The minimum atomic E-state index is -1.21. The second kappa shape index (κ2) is 7.22. The highest BCUT2D eigenvalue weighted by Crippen LogP contribution is 2.12. The van der Waals surface area contributed by atoms with Crippen molar-refractivity contribution >= 4 is 28.7 Å². The fraction of sp³-hybridized carbons (Fsp3) is 0.625. The summed E-state index contributed by atoms with van der Waals surface area (Å²) in [5.41, 5.74) is 0. The summed E-state index contributed by atoms with van der Waals surface area (Å²) in [4.78, 5) is 9.94. The molecule has 0 spiro atoms. The Kier molecular flexibility index (Phi) is 6.96. The second-order valence-corrected chi connectivity index (χ2v) is 4.00. The van der Waals surface area contributed by atoms with Gasteiger partial charge in [0.25, 0.3) is 0 Å². The van der Waals surface area contributed by atoms with Crippen LogP contribution in [0.1, 0.15) is 19.3 Å². The van der Waals surface area contributed by atoms with Crippen molar-refractivity contribution in [3.8, 4) is 12.3 Å². The molecule has 1 atom stereocenters. The van der Waals surface area contributed by atoms with Crippen LogP contribution in [0.5, 0.6) is 0 Å². The van der Waals surface area contributed by atoms with Gasteiger partial charge in [0, 0.05) is 10.3 Å². The lowest BCUT2D eigenvalue weighted by Crippen LogP contribution is -2.07. The van der Waals surface area contributed by atoms with Crippen molar-refractivity contribution < 1.29 is 14.6 Å². The molecule has 4 heteroatoms. The molecule has 0 amide bonds. The maximum absolute atomic E-state index is 9.94. The molecular formula is C8H11IO3. The fourth-order valence-corrected chi connectivity index (χ4v) is 1.22. The molecule has 0 bridgehead atoms. The van der Waals surface area contributed by atoms with Crippen LogP contribution in [0.2, 0.25) is 0 Å². The van der Waals surface area contributed by atoms with Gasteiger partial charge in [0.1, 0.15) is 0 Å². The lowest BCUT2D eigenvalue weighted by atomic mass is 10.2. The zero-order valence-electron chi connectivity index (χ0n) is 6.62. The van der Waals surface area contributed by atoms with Crippen molar-refractivity contribution in [1.82, 2.24) is 0 Å². The molecule has 0 saturated heterocycles. The van der Waals surface area contributed by atoms with Crippen LogP contribution in [0.3, 0.4) is 0 Å². The molecule has 0 aliphatic rings.